The van der Waals surface area contributed by atoms with Crippen LogP contribution in [0, 0.1) is 5.92 Å². The van der Waals surface area contributed by atoms with Crippen LogP contribution >= 0.6 is 15.9 Å². The maximum atomic E-state index is 5.81. The summed E-state index contributed by atoms with van der Waals surface area (Å²) >= 11 is 3.79. The Bertz CT molecular complexity index is 358. The van der Waals surface area contributed by atoms with Crippen molar-refractivity contribution in [3.63, 3.8) is 0 Å². The first-order valence-corrected chi connectivity index (χ1v) is 7.36. The molecule has 0 bridgehead atoms. The predicted molar refractivity (Wildman–Crippen MR) is 75.7 cm³/mol. The van der Waals surface area contributed by atoms with Gasteiger partial charge in [-0.3, -0.25) is 0 Å². The van der Waals surface area contributed by atoms with E-state index in [0.29, 0.717) is 22.8 Å². The summed E-state index contributed by atoms with van der Waals surface area (Å²) in [6.45, 7) is 7.62. The van der Waals surface area contributed by atoms with Crippen molar-refractivity contribution in [3.8, 4) is 0 Å². The number of halogens is 1. The smallest absolute Gasteiger partial charge is 0.0767 e. The first kappa shape index (κ1) is 13.1. The first-order valence-electron chi connectivity index (χ1n) is 6.45. The molecule has 0 spiro atoms. The highest BCUT2D eigenvalue weighted by atomic mass is 79.9. The summed E-state index contributed by atoms with van der Waals surface area (Å²) in [6.07, 6.45) is 1.50. The van der Waals surface area contributed by atoms with E-state index in [9.17, 15) is 0 Å². The van der Waals surface area contributed by atoms with E-state index < -0.39 is 0 Å². The van der Waals surface area contributed by atoms with Crippen LogP contribution in [0.4, 0.5) is 0 Å². The van der Waals surface area contributed by atoms with Crippen LogP contribution < -0.4 is 0 Å². The van der Waals surface area contributed by atoms with Crippen molar-refractivity contribution in [2.75, 3.05) is 6.61 Å². The van der Waals surface area contributed by atoms with Crippen molar-refractivity contribution in [2.24, 2.45) is 5.92 Å². The lowest BCUT2D eigenvalue weighted by molar-refractivity contribution is 0.0935. The van der Waals surface area contributed by atoms with Crippen molar-refractivity contribution in [1.82, 2.24) is 0 Å². The molecule has 1 fully saturated rings. The van der Waals surface area contributed by atoms with Gasteiger partial charge in [0.05, 0.1) is 10.9 Å². The Labute approximate surface area is 113 Å². The molecule has 1 aliphatic heterocycles. The van der Waals surface area contributed by atoms with Crippen LogP contribution in [0.3, 0.4) is 0 Å². The lowest BCUT2D eigenvalue weighted by atomic mass is 9.95. The minimum atomic E-state index is 0.319. The fourth-order valence-corrected chi connectivity index (χ4v) is 3.32. The van der Waals surface area contributed by atoms with E-state index >= 15 is 0 Å². The Balaban J connectivity index is 2.11. The van der Waals surface area contributed by atoms with Gasteiger partial charge in [-0.2, -0.15) is 0 Å². The molecule has 2 heteroatoms. The van der Waals surface area contributed by atoms with Crippen molar-refractivity contribution in [3.05, 3.63) is 35.4 Å². The Morgan fingerprint density at radius 3 is 2.24 bits per heavy atom. The zero-order chi connectivity index (χ0) is 12.4. The molecule has 2 rings (SSSR count). The zero-order valence-corrected chi connectivity index (χ0v) is 12.4. The lowest BCUT2D eigenvalue weighted by Crippen LogP contribution is -2.19. The van der Waals surface area contributed by atoms with Gasteiger partial charge in [0, 0.05) is 6.61 Å². The zero-order valence-electron chi connectivity index (χ0n) is 10.8. The Hall–Kier alpha value is -0.340. The standard InChI is InChI=1S/C15H21BrO/c1-10(2)12-4-6-13(7-5-12)14(16)15-11(3)8-9-17-15/h4-7,10-11,14-15H,8-9H2,1-3H3. The molecular weight excluding hydrogens is 276 g/mol. The van der Waals surface area contributed by atoms with Crippen molar-refractivity contribution < 1.29 is 4.74 Å². The van der Waals surface area contributed by atoms with Gasteiger partial charge in [-0.05, 0) is 29.4 Å². The second kappa shape index (κ2) is 5.53. The highest BCUT2D eigenvalue weighted by molar-refractivity contribution is 9.09. The Morgan fingerprint density at radius 1 is 1.18 bits per heavy atom. The summed E-state index contributed by atoms with van der Waals surface area (Å²) in [5, 5.41) is 0. The lowest BCUT2D eigenvalue weighted by Gasteiger charge is -2.21. The molecule has 1 aromatic rings. The number of hydrogen-bond acceptors (Lipinski definition) is 1. The van der Waals surface area contributed by atoms with E-state index in [1.165, 1.54) is 17.5 Å². The molecular formula is C15H21BrO. The van der Waals surface area contributed by atoms with E-state index in [0.717, 1.165) is 6.61 Å². The van der Waals surface area contributed by atoms with E-state index in [2.05, 4.69) is 61.0 Å². The summed E-state index contributed by atoms with van der Waals surface area (Å²) in [5.74, 6) is 1.24. The fourth-order valence-electron chi connectivity index (χ4n) is 2.35. The quantitative estimate of drug-likeness (QED) is 0.737. The molecule has 1 saturated heterocycles. The van der Waals surface area contributed by atoms with Crippen molar-refractivity contribution in [2.45, 2.75) is 44.0 Å². The van der Waals surface area contributed by atoms with Gasteiger partial charge < -0.3 is 4.74 Å². The second-order valence-corrected chi connectivity index (χ2v) is 6.31. The van der Waals surface area contributed by atoms with Crippen LogP contribution in [0.2, 0.25) is 0 Å². The van der Waals surface area contributed by atoms with E-state index in [-0.39, 0.29) is 0 Å². The largest absolute Gasteiger partial charge is 0.376 e. The summed E-state index contributed by atoms with van der Waals surface area (Å²) in [6, 6.07) is 8.91. The number of benzene rings is 1. The first-order chi connectivity index (χ1) is 8.09. The third-order valence-electron chi connectivity index (χ3n) is 3.65. The molecule has 1 nitrogen and oxygen atoms in total. The van der Waals surface area contributed by atoms with Crippen LogP contribution in [0.5, 0.6) is 0 Å². The average molecular weight is 297 g/mol. The third kappa shape index (κ3) is 2.92. The molecule has 0 saturated carbocycles. The molecule has 94 valence electrons. The molecule has 3 atom stereocenters. The van der Waals surface area contributed by atoms with E-state index in [4.69, 9.17) is 4.74 Å². The minimum Gasteiger partial charge on any atom is -0.376 e. The van der Waals surface area contributed by atoms with Gasteiger partial charge in [-0.15, -0.1) is 0 Å². The molecule has 0 radical (unpaired) electrons. The van der Waals surface area contributed by atoms with Crippen LogP contribution in [0.1, 0.15) is 49.1 Å². The monoisotopic (exact) mass is 296 g/mol. The summed E-state index contributed by atoms with van der Waals surface area (Å²) in [4.78, 5) is 0.321. The number of rotatable bonds is 3. The van der Waals surface area contributed by atoms with Crippen molar-refractivity contribution in [1.29, 1.82) is 0 Å². The summed E-state index contributed by atoms with van der Waals surface area (Å²) < 4.78 is 5.81. The maximum Gasteiger partial charge on any atom is 0.0767 e. The molecule has 0 aliphatic carbocycles. The normalized spacial score (nSPS) is 26.4. The van der Waals surface area contributed by atoms with E-state index in [1.54, 1.807) is 0 Å². The number of hydrogen-bond donors (Lipinski definition) is 0. The predicted octanol–water partition coefficient (Wildman–Crippen LogP) is 4.67. The molecule has 1 aromatic carbocycles. The molecule has 0 aromatic heterocycles. The number of ether oxygens (including phenoxy) is 1. The Kier molecular flexibility index (Phi) is 4.26. The summed E-state index contributed by atoms with van der Waals surface area (Å²) in [5.41, 5.74) is 2.72. The van der Waals surface area contributed by atoms with Gasteiger partial charge in [0.1, 0.15) is 0 Å². The fraction of sp³-hybridized carbons (Fsp3) is 0.600. The average Bonchev–Trinajstić information content (AvgIpc) is 2.74. The summed E-state index contributed by atoms with van der Waals surface area (Å²) in [7, 11) is 0. The second-order valence-electron chi connectivity index (χ2n) is 5.32. The molecule has 17 heavy (non-hydrogen) atoms. The Morgan fingerprint density at radius 2 is 1.76 bits per heavy atom. The number of alkyl halides is 1. The molecule has 0 amide bonds. The van der Waals surface area contributed by atoms with Gasteiger partial charge in [0.25, 0.3) is 0 Å². The third-order valence-corrected chi connectivity index (χ3v) is 4.70. The van der Waals surface area contributed by atoms with Crippen LogP contribution in [0.25, 0.3) is 0 Å². The molecule has 1 heterocycles. The van der Waals surface area contributed by atoms with Gasteiger partial charge in [0.15, 0.2) is 0 Å². The van der Waals surface area contributed by atoms with Gasteiger partial charge in [-0.1, -0.05) is 61.0 Å². The molecule has 1 aliphatic rings. The highest BCUT2D eigenvalue weighted by Gasteiger charge is 2.31. The molecule has 3 unspecified atom stereocenters. The highest BCUT2D eigenvalue weighted by Crippen LogP contribution is 2.37. The van der Waals surface area contributed by atoms with Crippen molar-refractivity contribution >= 4 is 15.9 Å². The SMILES string of the molecule is CC(C)c1ccc(C(Br)C2OCCC2C)cc1. The van der Waals surface area contributed by atoms with Crippen LogP contribution in [0.15, 0.2) is 24.3 Å². The maximum absolute atomic E-state index is 5.81. The minimum absolute atomic E-state index is 0.319. The van der Waals surface area contributed by atoms with Gasteiger partial charge >= 0.3 is 0 Å². The van der Waals surface area contributed by atoms with Crippen LogP contribution in [-0.4, -0.2) is 12.7 Å². The van der Waals surface area contributed by atoms with Gasteiger partial charge in [0.2, 0.25) is 0 Å². The topological polar surface area (TPSA) is 9.23 Å². The van der Waals surface area contributed by atoms with Crippen LogP contribution in [-0.2, 0) is 4.74 Å². The molecule has 0 N–H and O–H groups in total. The van der Waals surface area contributed by atoms with Gasteiger partial charge in [-0.25, -0.2) is 0 Å². The van der Waals surface area contributed by atoms with E-state index in [1.807, 2.05) is 0 Å².